The van der Waals surface area contributed by atoms with Gasteiger partial charge in [-0.1, -0.05) is 6.42 Å². The number of nitrogens with zero attached hydrogens (tertiary/aromatic N) is 4. The van der Waals surface area contributed by atoms with E-state index < -0.39 is 10.0 Å². The summed E-state index contributed by atoms with van der Waals surface area (Å²) in [4.78, 5) is 20.0. The average molecular weight is 497 g/mol. The molecule has 0 saturated carbocycles. The molecule has 0 radical (unpaired) electrons. The Morgan fingerprint density at radius 2 is 1.83 bits per heavy atom. The Kier molecular flexibility index (Phi) is 6.55. The Morgan fingerprint density at radius 1 is 1.03 bits per heavy atom. The third-order valence-corrected chi connectivity index (χ3v) is 9.06. The van der Waals surface area contributed by atoms with Crippen LogP contribution >= 0.6 is 0 Å². The van der Waals surface area contributed by atoms with Crippen molar-refractivity contribution in [3.8, 4) is 5.75 Å². The Bertz CT molecular complexity index is 1360. The molecule has 0 spiro atoms. The first kappa shape index (κ1) is 23.8. The van der Waals surface area contributed by atoms with Crippen LogP contribution < -0.4 is 9.64 Å². The van der Waals surface area contributed by atoms with Gasteiger partial charge in [0.15, 0.2) is 0 Å². The van der Waals surface area contributed by atoms with E-state index >= 15 is 0 Å². The van der Waals surface area contributed by atoms with E-state index in [0.717, 1.165) is 60.4 Å². The van der Waals surface area contributed by atoms with Crippen molar-refractivity contribution in [1.82, 2.24) is 13.9 Å². The van der Waals surface area contributed by atoms with E-state index in [1.165, 1.54) is 0 Å². The number of carbonyl (C=O) groups is 1. The normalized spacial score (nSPS) is 16.9. The Morgan fingerprint density at radius 3 is 2.60 bits per heavy atom. The highest BCUT2D eigenvalue weighted by molar-refractivity contribution is 7.89. The lowest BCUT2D eigenvalue weighted by atomic mass is 10.0. The molecule has 0 aliphatic carbocycles. The topological polar surface area (TPSA) is 84.7 Å². The van der Waals surface area contributed by atoms with E-state index in [-0.39, 0.29) is 10.8 Å². The van der Waals surface area contributed by atoms with Crippen LogP contribution in [0.15, 0.2) is 41.3 Å². The Balaban J connectivity index is 1.33. The van der Waals surface area contributed by atoms with Gasteiger partial charge in [0, 0.05) is 45.2 Å². The molecular formula is C26H32N4O4S. The number of amides is 1. The van der Waals surface area contributed by atoms with Gasteiger partial charge in [-0.15, -0.1) is 0 Å². The van der Waals surface area contributed by atoms with Crippen LogP contribution in [-0.2, 0) is 34.7 Å². The molecular weight excluding hydrogens is 464 g/mol. The molecule has 8 nitrogen and oxygen atoms in total. The fraction of sp³-hybridized carbons (Fsp3) is 0.462. The first-order valence-electron chi connectivity index (χ1n) is 12.3. The molecule has 0 N–H and O–H groups in total. The molecule has 1 aromatic heterocycles. The van der Waals surface area contributed by atoms with Crippen molar-refractivity contribution < 1.29 is 17.9 Å². The largest absolute Gasteiger partial charge is 0.497 e. The zero-order chi connectivity index (χ0) is 24.6. The molecule has 1 amide bonds. The van der Waals surface area contributed by atoms with Crippen molar-refractivity contribution >= 4 is 32.7 Å². The highest BCUT2D eigenvalue weighted by atomic mass is 32.2. The fourth-order valence-electron chi connectivity index (χ4n) is 5.18. The van der Waals surface area contributed by atoms with E-state index in [2.05, 4.69) is 0 Å². The van der Waals surface area contributed by atoms with Crippen LogP contribution in [0.1, 0.15) is 43.5 Å². The number of piperidine rings is 1. The average Bonchev–Trinajstić information content (AvgIpc) is 3.21. The summed E-state index contributed by atoms with van der Waals surface area (Å²) in [7, 11) is 0.0458. The molecule has 2 aliphatic heterocycles. The second-order valence-corrected chi connectivity index (χ2v) is 11.3. The summed E-state index contributed by atoms with van der Waals surface area (Å²) >= 11 is 0. The highest BCUT2D eigenvalue weighted by Crippen LogP contribution is 2.31. The Labute approximate surface area is 206 Å². The van der Waals surface area contributed by atoms with Crippen molar-refractivity contribution in [1.29, 1.82) is 0 Å². The number of anilines is 1. The smallest absolute Gasteiger partial charge is 0.243 e. The van der Waals surface area contributed by atoms with Gasteiger partial charge in [0.1, 0.15) is 11.6 Å². The third-order valence-electron chi connectivity index (χ3n) is 7.17. The molecule has 2 aromatic carbocycles. The second kappa shape index (κ2) is 9.62. The summed E-state index contributed by atoms with van der Waals surface area (Å²) in [5.41, 5.74) is 3.60. The molecule has 3 heterocycles. The molecule has 0 atom stereocenters. The van der Waals surface area contributed by atoms with Gasteiger partial charge in [-0.2, -0.15) is 4.31 Å². The van der Waals surface area contributed by atoms with E-state index in [1.807, 2.05) is 40.8 Å². The lowest BCUT2D eigenvalue weighted by Crippen LogP contribution is -2.35. The molecule has 0 bridgehead atoms. The number of hydrogen-bond donors (Lipinski definition) is 0. The zero-order valence-corrected chi connectivity index (χ0v) is 21.2. The van der Waals surface area contributed by atoms with E-state index in [4.69, 9.17) is 9.72 Å². The van der Waals surface area contributed by atoms with Gasteiger partial charge < -0.3 is 14.2 Å². The van der Waals surface area contributed by atoms with Crippen molar-refractivity contribution in [2.45, 2.75) is 49.8 Å². The maximum Gasteiger partial charge on any atom is 0.243 e. The van der Waals surface area contributed by atoms with E-state index in [1.54, 1.807) is 23.5 Å². The number of ether oxygens (including phenoxy) is 1. The van der Waals surface area contributed by atoms with Crippen molar-refractivity contribution in [3.05, 3.63) is 47.8 Å². The van der Waals surface area contributed by atoms with Gasteiger partial charge in [0.2, 0.25) is 15.9 Å². The lowest BCUT2D eigenvalue weighted by Gasteiger charge is -2.30. The SMILES string of the molecule is COc1ccc2c(c1)CCCN2C(=O)CCc1nc2cc(S(=O)(=O)N3CCCCC3)ccc2n1C. The van der Waals surface area contributed by atoms with Gasteiger partial charge in [-0.25, -0.2) is 13.4 Å². The molecule has 0 unspecified atom stereocenters. The monoisotopic (exact) mass is 496 g/mol. The summed E-state index contributed by atoms with van der Waals surface area (Å²) < 4.78 is 35.0. The summed E-state index contributed by atoms with van der Waals surface area (Å²) in [6.45, 7) is 1.85. The van der Waals surface area contributed by atoms with Crippen molar-refractivity contribution in [2.24, 2.45) is 7.05 Å². The van der Waals surface area contributed by atoms with Crippen LogP contribution in [0.2, 0.25) is 0 Å². The van der Waals surface area contributed by atoms with Crippen LogP contribution in [-0.4, -0.2) is 54.9 Å². The maximum atomic E-state index is 13.1. The molecule has 1 fully saturated rings. The number of aromatic nitrogens is 2. The summed E-state index contributed by atoms with van der Waals surface area (Å²) in [5, 5.41) is 0. The van der Waals surface area contributed by atoms with Crippen LogP contribution in [0, 0.1) is 0 Å². The van der Waals surface area contributed by atoms with E-state index in [9.17, 15) is 13.2 Å². The van der Waals surface area contributed by atoms with Gasteiger partial charge in [-0.3, -0.25) is 4.79 Å². The number of rotatable bonds is 6. The van der Waals surface area contributed by atoms with Crippen molar-refractivity contribution in [3.63, 3.8) is 0 Å². The Hall–Kier alpha value is -2.91. The molecule has 2 aliphatic rings. The number of methoxy groups -OCH3 is 1. The summed E-state index contributed by atoms with van der Waals surface area (Å²) in [6, 6.07) is 11.0. The van der Waals surface area contributed by atoms with Gasteiger partial charge >= 0.3 is 0 Å². The second-order valence-electron chi connectivity index (χ2n) is 9.35. The summed E-state index contributed by atoms with van der Waals surface area (Å²) in [5.74, 6) is 1.64. The molecule has 35 heavy (non-hydrogen) atoms. The zero-order valence-electron chi connectivity index (χ0n) is 20.4. The lowest BCUT2D eigenvalue weighted by molar-refractivity contribution is -0.118. The molecule has 9 heteroatoms. The maximum absolute atomic E-state index is 13.1. The summed E-state index contributed by atoms with van der Waals surface area (Å²) in [6.07, 6.45) is 5.55. The number of hydrogen-bond acceptors (Lipinski definition) is 5. The first-order valence-corrected chi connectivity index (χ1v) is 13.8. The highest BCUT2D eigenvalue weighted by Gasteiger charge is 2.27. The van der Waals surface area contributed by atoms with Crippen LogP contribution in [0.4, 0.5) is 5.69 Å². The van der Waals surface area contributed by atoms with Gasteiger partial charge in [0.05, 0.1) is 23.0 Å². The van der Waals surface area contributed by atoms with Crippen LogP contribution in [0.3, 0.4) is 0 Å². The predicted octanol–water partition coefficient (Wildman–Crippen LogP) is 3.67. The quantitative estimate of drug-likeness (QED) is 0.520. The van der Waals surface area contributed by atoms with Crippen LogP contribution in [0.5, 0.6) is 5.75 Å². The molecule has 1 saturated heterocycles. The molecule has 5 rings (SSSR count). The van der Waals surface area contributed by atoms with Gasteiger partial charge in [0.25, 0.3) is 0 Å². The van der Waals surface area contributed by atoms with Gasteiger partial charge in [-0.05, 0) is 67.6 Å². The minimum atomic E-state index is -3.52. The van der Waals surface area contributed by atoms with Crippen molar-refractivity contribution in [2.75, 3.05) is 31.6 Å². The fourth-order valence-corrected chi connectivity index (χ4v) is 6.72. The standard InChI is InChI=1S/C26H32N4O4S/c1-28-24-11-9-21(35(32,33)29-14-4-3-5-15-29)18-22(24)27-25(28)12-13-26(31)30-16-6-7-19-17-20(34-2)8-10-23(19)30/h8-11,17-18H,3-7,12-16H2,1-2H3. The third kappa shape index (κ3) is 4.54. The number of sulfonamides is 1. The number of aryl methyl sites for hydroxylation is 3. The first-order chi connectivity index (χ1) is 16.9. The predicted molar refractivity (Wildman–Crippen MR) is 135 cm³/mol. The van der Waals surface area contributed by atoms with Crippen LogP contribution in [0.25, 0.3) is 11.0 Å². The number of imidazole rings is 1. The number of carbonyl (C=O) groups excluding carboxylic acids is 1. The number of benzene rings is 2. The molecule has 3 aromatic rings. The minimum absolute atomic E-state index is 0.0662. The molecule has 186 valence electrons. The number of fused-ring (bicyclic) bond motifs is 2. The van der Waals surface area contributed by atoms with E-state index in [0.29, 0.717) is 38.0 Å². The minimum Gasteiger partial charge on any atom is -0.497 e.